The highest BCUT2D eigenvalue weighted by Crippen LogP contribution is 2.24. The lowest BCUT2D eigenvalue weighted by molar-refractivity contribution is -0.0441. The molecule has 1 saturated heterocycles. The molecule has 76 valence electrons. The molecule has 1 aliphatic rings. The molecule has 0 radical (unpaired) electrons. The van der Waals surface area contributed by atoms with E-state index in [4.69, 9.17) is 9.47 Å². The largest absolute Gasteiger partial charge is 0.346 e. The molecule has 14 heavy (non-hydrogen) atoms. The van der Waals surface area contributed by atoms with Crippen LogP contribution >= 0.6 is 0 Å². The van der Waals surface area contributed by atoms with Crippen molar-refractivity contribution in [3.63, 3.8) is 0 Å². The van der Waals surface area contributed by atoms with Gasteiger partial charge >= 0.3 is 0 Å². The molecule has 0 N–H and O–H groups in total. The summed E-state index contributed by atoms with van der Waals surface area (Å²) in [6, 6.07) is 8.46. The van der Waals surface area contributed by atoms with E-state index in [-0.39, 0.29) is 6.29 Å². The van der Waals surface area contributed by atoms with Crippen molar-refractivity contribution in [1.82, 2.24) is 0 Å². The number of ether oxygens (including phenoxy) is 2. The average molecular weight is 192 g/mol. The predicted octanol–water partition coefficient (Wildman–Crippen LogP) is 2.86. The van der Waals surface area contributed by atoms with Crippen molar-refractivity contribution in [2.75, 3.05) is 13.2 Å². The summed E-state index contributed by atoms with van der Waals surface area (Å²) in [5, 5.41) is 0. The monoisotopic (exact) mass is 192 g/mol. The van der Waals surface area contributed by atoms with E-state index in [1.54, 1.807) is 0 Å². The highest BCUT2D eigenvalue weighted by Gasteiger charge is 2.17. The van der Waals surface area contributed by atoms with Crippen LogP contribution in [-0.2, 0) is 9.47 Å². The fraction of sp³-hybridized carbons (Fsp3) is 0.500. The van der Waals surface area contributed by atoms with Crippen LogP contribution in [0.25, 0.3) is 0 Å². The van der Waals surface area contributed by atoms with Gasteiger partial charge in [0, 0.05) is 5.56 Å². The summed E-state index contributed by atoms with van der Waals surface area (Å²) in [6.45, 7) is 5.79. The molecule has 1 aromatic carbocycles. The molecule has 1 fully saturated rings. The van der Waals surface area contributed by atoms with Gasteiger partial charge in [-0.3, -0.25) is 0 Å². The fourth-order valence-corrected chi connectivity index (χ4v) is 1.59. The maximum absolute atomic E-state index is 5.42. The minimum atomic E-state index is -0.142. The van der Waals surface area contributed by atoms with Crippen LogP contribution in [0.15, 0.2) is 24.3 Å². The number of hydrogen-bond acceptors (Lipinski definition) is 2. The Morgan fingerprint density at radius 1 is 1.07 bits per heavy atom. The average Bonchev–Trinajstić information content (AvgIpc) is 2.71. The quantitative estimate of drug-likeness (QED) is 0.717. The summed E-state index contributed by atoms with van der Waals surface area (Å²) in [7, 11) is 0. The molecule has 0 saturated carbocycles. The Morgan fingerprint density at radius 3 is 2.14 bits per heavy atom. The smallest absolute Gasteiger partial charge is 0.184 e. The molecule has 2 heteroatoms. The third-order valence-electron chi connectivity index (χ3n) is 2.50. The third-order valence-corrected chi connectivity index (χ3v) is 2.50. The lowest BCUT2D eigenvalue weighted by Gasteiger charge is -2.11. The van der Waals surface area contributed by atoms with Gasteiger partial charge in [0.15, 0.2) is 6.29 Å². The van der Waals surface area contributed by atoms with E-state index >= 15 is 0 Å². The van der Waals surface area contributed by atoms with Crippen molar-refractivity contribution in [2.24, 2.45) is 0 Å². The minimum Gasteiger partial charge on any atom is -0.346 e. The van der Waals surface area contributed by atoms with Gasteiger partial charge in [-0.25, -0.2) is 0 Å². The van der Waals surface area contributed by atoms with Crippen molar-refractivity contribution in [2.45, 2.75) is 26.1 Å². The number of rotatable bonds is 2. The summed E-state index contributed by atoms with van der Waals surface area (Å²) in [6.07, 6.45) is -0.142. The van der Waals surface area contributed by atoms with E-state index in [1.807, 2.05) is 0 Å². The molecule has 1 aliphatic heterocycles. The SMILES string of the molecule is CC(C)c1ccc(C2OCCO2)cc1. The topological polar surface area (TPSA) is 18.5 Å². The van der Waals surface area contributed by atoms with Gasteiger partial charge in [0.05, 0.1) is 13.2 Å². The molecule has 1 heterocycles. The van der Waals surface area contributed by atoms with E-state index < -0.39 is 0 Å². The van der Waals surface area contributed by atoms with Crippen molar-refractivity contribution in [1.29, 1.82) is 0 Å². The Labute approximate surface area is 84.8 Å². The summed E-state index contributed by atoms with van der Waals surface area (Å²) < 4.78 is 10.8. The summed E-state index contributed by atoms with van der Waals surface area (Å²) >= 11 is 0. The normalized spacial score (nSPS) is 17.9. The molecule has 2 nitrogen and oxygen atoms in total. The van der Waals surface area contributed by atoms with Gasteiger partial charge in [-0.15, -0.1) is 0 Å². The van der Waals surface area contributed by atoms with Gasteiger partial charge in [0.1, 0.15) is 0 Å². The Balaban J connectivity index is 2.12. The summed E-state index contributed by atoms with van der Waals surface area (Å²) in [5.74, 6) is 0.578. The second kappa shape index (κ2) is 4.11. The zero-order valence-corrected chi connectivity index (χ0v) is 8.69. The Hall–Kier alpha value is -0.860. The van der Waals surface area contributed by atoms with Crippen LogP contribution in [0, 0.1) is 0 Å². The molecule has 2 rings (SSSR count). The van der Waals surface area contributed by atoms with Gasteiger partial charge in [0.25, 0.3) is 0 Å². The second-order valence-electron chi connectivity index (χ2n) is 3.89. The van der Waals surface area contributed by atoms with Crippen LogP contribution in [-0.4, -0.2) is 13.2 Å². The van der Waals surface area contributed by atoms with Crippen LogP contribution in [0.2, 0.25) is 0 Å². The molecule has 0 atom stereocenters. The van der Waals surface area contributed by atoms with Crippen molar-refractivity contribution in [3.8, 4) is 0 Å². The lowest BCUT2D eigenvalue weighted by atomic mass is 10.0. The first-order valence-corrected chi connectivity index (χ1v) is 5.10. The highest BCUT2D eigenvalue weighted by molar-refractivity contribution is 5.25. The van der Waals surface area contributed by atoms with E-state index in [0.717, 1.165) is 5.56 Å². The van der Waals surface area contributed by atoms with Gasteiger partial charge in [-0.1, -0.05) is 38.1 Å². The second-order valence-corrected chi connectivity index (χ2v) is 3.89. The third kappa shape index (κ3) is 1.97. The van der Waals surface area contributed by atoms with E-state index in [9.17, 15) is 0 Å². The first-order chi connectivity index (χ1) is 6.77. The highest BCUT2D eigenvalue weighted by atomic mass is 16.7. The zero-order valence-electron chi connectivity index (χ0n) is 8.69. The predicted molar refractivity (Wildman–Crippen MR) is 55.2 cm³/mol. The Morgan fingerprint density at radius 2 is 1.64 bits per heavy atom. The summed E-state index contributed by atoms with van der Waals surface area (Å²) in [5.41, 5.74) is 2.47. The Bertz CT molecular complexity index is 284. The molecule has 0 spiro atoms. The molecule has 0 amide bonds. The van der Waals surface area contributed by atoms with Crippen LogP contribution in [0.1, 0.15) is 37.2 Å². The molecule has 0 aliphatic carbocycles. The molecule has 0 unspecified atom stereocenters. The van der Waals surface area contributed by atoms with Crippen LogP contribution in [0.4, 0.5) is 0 Å². The maximum Gasteiger partial charge on any atom is 0.184 e. The van der Waals surface area contributed by atoms with Crippen molar-refractivity contribution in [3.05, 3.63) is 35.4 Å². The van der Waals surface area contributed by atoms with E-state index in [1.165, 1.54) is 5.56 Å². The maximum atomic E-state index is 5.42. The molecule has 1 aromatic rings. The number of benzene rings is 1. The first kappa shape index (κ1) is 9.69. The van der Waals surface area contributed by atoms with Crippen LogP contribution in [0.5, 0.6) is 0 Å². The first-order valence-electron chi connectivity index (χ1n) is 5.10. The fourth-order valence-electron chi connectivity index (χ4n) is 1.59. The standard InChI is InChI=1S/C12H16O2/c1-9(2)10-3-5-11(6-4-10)12-13-7-8-14-12/h3-6,9,12H,7-8H2,1-2H3. The van der Waals surface area contributed by atoms with E-state index in [2.05, 4.69) is 38.1 Å². The Kier molecular flexibility index (Phi) is 2.85. The lowest BCUT2D eigenvalue weighted by Crippen LogP contribution is -1.98. The van der Waals surface area contributed by atoms with Crippen LogP contribution < -0.4 is 0 Å². The summed E-state index contributed by atoms with van der Waals surface area (Å²) in [4.78, 5) is 0. The van der Waals surface area contributed by atoms with Gasteiger partial charge < -0.3 is 9.47 Å². The molecule has 0 bridgehead atoms. The van der Waals surface area contributed by atoms with Gasteiger partial charge in [-0.2, -0.15) is 0 Å². The van der Waals surface area contributed by atoms with Gasteiger partial charge in [0.2, 0.25) is 0 Å². The van der Waals surface area contributed by atoms with E-state index in [0.29, 0.717) is 19.1 Å². The van der Waals surface area contributed by atoms with Crippen molar-refractivity contribution >= 4 is 0 Å². The minimum absolute atomic E-state index is 0.142. The van der Waals surface area contributed by atoms with Gasteiger partial charge in [-0.05, 0) is 11.5 Å². The van der Waals surface area contributed by atoms with Crippen molar-refractivity contribution < 1.29 is 9.47 Å². The van der Waals surface area contributed by atoms with Crippen LogP contribution in [0.3, 0.4) is 0 Å². The zero-order chi connectivity index (χ0) is 9.97. The number of hydrogen-bond donors (Lipinski definition) is 0. The molecular weight excluding hydrogens is 176 g/mol. The molecular formula is C12H16O2. The molecule has 0 aromatic heterocycles.